The number of imidazole rings is 1. The normalized spacial score (nSPS) is 13.4. The molecule has 0 aliphatic carbocycles. The van der Waals surface area contributed by atoms with Gasteiger partial charge in [-0.2, -0.15) is 5.26 Å². The molecule has 0 aliphatic heterocycles. The van der Waals surface area contributed by atoms with Crippen molar-refractivity contribution in [1.82, 2.24) is 24.7 Å². The third-order valence-corrected chi connectivity index (χ3v) is 6.14. The molecule has 0 aliphatic rings. The molecule has 3 heterocycles. The van der Waals surface area contributed by atoms with E-state index in [9.17, 15) is 10.4 Å². The van der Waals surface area contributed by atoms with Crippen LogP contribution in [0.3, 0.4) is 0 Å². The Labute approximate surface area is 212 Å². The number of β-amino-alcohol motifs (C(OH)–C–C–N with tert-alkyl or cyclic N) is 1. The number of pyridine rings is 1. The summed E-state index contributed by atoms with van der Waals surface area (Å²) in [6.45, 7) is 10.8. The molecule has 3 aromatic heterocycles. The van der Waals surface area contributed by atoms with E-state index in [1.807, 2.05) is 47.9 Å². The summed E-state index contributed by atoms with van der Waals surface area (Å²) in [7, 11) is 0. The Balaban J connectivity index is 1.54. The Kier molecular flexibility index (Phi) is 7.34. The summed E-state index contributed by atoms with van der Waals surface area (Å²) in [5.41, 5.74) is 5.50. The summed E-state index contributed by atoms with van der Waals surface area (Å²) in [4.78, 5) is 13.6. The van der Waals surface area contributed by atoms with Gasteiger partial charge in [0.1, 0.15) is 17.4 Å². The molecule has 3 N–H and O–H groups in total. The molecule has 1 aromatic carbocycles. The largest absolute Gasteiger partial charge is 0.387 e. The number of anilines is 1. The zero-order valence-electron chi connectivity index (χ0n) is 21.4. The number of nitriles is 1. The fourth-order valence-electron chi connectivity index (χ4n) is 4.05. The van der Waals surface area contributed by atoms with Crippen LogP contribution in [0.15, 0.2) is 55.0 Å². The van der Waals surface area contributed by atoms with Gasteiger partial charge in [0.25, 0.3) is 0 Å². The smallest absolute Gasteiger partial charge is 0.223 e. The first-order chi connectivity index (χ1) is 17.2. The number of hydrogen-bond donors (Lipinski definition) is 3. The highest BCUT2D eigenvalue weighted by atomic mass is 16.3. The molecule has 8 heteroatoms. The monoisotopic (exact) mass is 483 g/mol. The second-order valence-corrected chi connectivity index (χ2v) is 9.97. The SMILES string of the molecule is CCc1cccn2c(-c3nc(N[C@@H](C)c4ccc(C(O)CNC(C)(C)C)cc4)ncc3C#N)cnc12. The highest BCUT2D eigenvalue weighted by Gasteiger charge is 2.17. The molecule has 0 saturated heterocycles. The van der Waals surface area contributed by atoms with Crippen LogP contribution in [0, 0.1) is 11.3 Å². The van der Waals surface area contributed by atoms with Gasteiger partial charge in [0.2, 0.25) is 5.95 Å². The number of benzene rings is 1. The molecule has 0 amide bonds. The predicted octanol–water partition coefficient (Wildman–Crippen LogP) is 4.82. The van der Waals surface area contributed by atoms with Crippen LogP contribution in [0.2, 0.25) is 0 Å². The molecule has 4 rings (SSSR count). The van der Waals surface area contributed by atoms with Crippen molar-refractivity contribution >= 4 is 11.6 Å². The molecule has 0 radical (unpaired) electrons. The van der Waals surface area contributed by atoms with Crippen molar-refractivity contribution in [3.8, 4) is 17.5 Å². The van der Waals surface area contributed by atoms with Crippen molar-refractivity contribution in [3.05, 3.63) is 77.2 Å². The molecular weight excluding hydrogens is 450 g/mol. The van der Waals surface area contributed by atoms with Crippen molar-refractivity contribution in [2.45, 2.75) is 58.7 Å². The van der Waals surface area contributed by atoms with E-state index < -0.39 is 6.10 Å². The maximum absolute atomic E-state index is 10.5. The maximum Gasteiger partial charge on any atom is 0.223 e. The van der Waals surface area contributed by atoms with Gasteiger partial charge in [0.15, 0.2) is 0 Å². The molecule has 186 valence electrons. The van der Waals surface area contributed by atoms with Crippen LogP contribution in [0.1, 0.15) is 69.0 Å². The number of aliphatic hydroxyl groups is 1. The van der Waals surface area contributed by atoms with Crippen molar-refractivity contribution in [2.24, 2.45) is 0 Å². The van der Waals surface area contributed by atoms with Gasteiger partial charge in [-0.3, -0.25) is 4.40 Å². The lowest BCUT2D eigenvalue weighted by Gasteiger charge is -2.23. The van der Waals surface area contributed by atoms with Crippen LogP contribution in [0.4, 0.5) is 5.95 Å². The second-order valence-electron chi connectivity index (χ2n) is 9.97. The lowest BCUT2D eigenvalue weighted by atomic mass is 10.0. The molecule has 0 saturated carbocycles. The van der Waals surface area contributed by atoms with Gasteiger partial charge in [-0.1, -0.05) is 37.3 Å². The van der Waals surface area contributed by atoms with Crippen LogP contribution in [-0.4, -0.2) is 36.5 Å². The number of hydrogen-bond acceptors (Lipinski definition) is 7. The molecular formula is C28H33N7O. The highest BCUT2D eigenvalue weighted by molar-refractivity contribution is 5.68. The molecule has 8 nitrogen and oxygen atoms in total. The predicted molar refractivity (Wildman–Crippen MR) is 142 cm³/mol. The van der Waals surface area contributed by atoms with Gasteiger partial charge in [-0.25, -0.2) is 15.0 Å². The van der Waals surface area contributed by atoms with Crippen molar-refractivity contribution in [2.75, 3.05) is 11.9 Å². The number of nitrogens with one attached hydrogen (secondary N) is 2. The second kappa shape index (κ2) is 10.4. The maximum atomic E-state index is 10.5. The Hall–Kier alpha value is -3.80. The van der Waals surface area contributed by atoms with Gasteiger partial charge in [-0.05, 0) is 56.9 Å². The molecule has 0 fully saturated rings. The number of nitrogens with zero attached hydrogens (tertiary/aromatic N) is 5. The molecule has 2 atom stereocenters. The fourth-order valence-corrected chi connectivity index (χ4v) is 4.05. The lowest BCUT2D eigenvalue weighted by molar-refractivity contribution is 0.163. The Morgan fingerprint density at radius 3 is 2.47 bits per heavy atom. The topological polar surface area (TPSA) is 111 Å². The van der Waals surface area contributed by atoms with E-state index in [1.165, 1.54) is 0 Å². The quantitative estimate of drug-likeness (QED) is 0.329. The van der Waals surface area contributed by atoms with Gasteiger partial charge in [0.05, 0.1) is 35.8 Å². The van der Waals surface area contributed by atoms with E-state index in [-0.39, 0.29) is 11.6 Å². The minimum Gasteiger partial charge on any atom is -0.387 e. The van der Waals surface area contributed by atoms with Crippen molar-refractivity contribution < 1.29 is 5.11 Å². The minimum atomic E-state index is -0.579. The number of aromatic nitrogens is 4. The number of rotatable bonds is 8. The van der Waals surface area contributed by atoms with E-state index in [0.29, 0.717) is 23.8 Å². The molecule has 0 spiro atoms. The van der Waals surface area contributed by atoms with E-state index in [2.05, 4.69) is 60.4 Å². The van der Waals surface area contributed by atoms with Crippen molar-refractivity contribution in [1.29, 1.82) is 5.26 Å². The zero-order valence-corrected chi connectivity index (χ0v) is 21.4. The molecule has 4 aromatic rings. The van der Waals surface area contributed by atoms with E-state index in [1.54, 1.807) is 12.4 Å². The van der Waals surface area contributed by atoms with Crippen molar-refractivity contribution in [3.63, 3.8) is 0 Å². The lowest BCUT2D eigenvalue weighted by Crippen LogP contribution is -2.38. The fraction of sp³-hybridized carbons (Fsp3) is 0.357. The highest BCUT2D eigenvalue weighted by Crippen LogP contribution is 2.26. The standard InChI is InChI=1S/C28H33N7O/c1-6-19-8-7-13-35-23(16-30-26(19)35)25-22(14-29)15-31-27(34-25)33-18(2)20-9-11-21(12-10-20)24(36)17-32-28(3,4)5/h7-13,15-16,18,24,32,36H,6,17H2,1-5H3,(H,31,33,34)/t18-,24?/m0/s1. The Morgan fingerprint density at radius 2 is 1.81 bits per heavy atom. The Morgan fingerprint density at radius 1 is 1.08 bits per heavy atom. The van der Waals surface area contributed by atoms with Crippen LogP contribution >= 0.6 is 0 Å². The molecule has 1 unspecified atom stereocenters. The zero-order chi connectivity index (χ0) is 25.9. The van der Waals surface area contributed by atoms with Crippen LogP contribution in [0.25, 0.3) is 17.0 Å². The van der Waals surface area contributed by atoms with Crippen LogP contribution in [-0.2, 0) is 6.42 Å². The van der Waals surface area contributed by atoms with Gasteiger partial charge < -0.3 is 15.7 Å². The van der Waals surface area contributed by atoms with Crippen LogP contribution in [0.5, 0.6) is 0 Å². The summed E-state index contributed by atoms with van der Waals surface area (Å²) >= 11 is 0. The molecule has 36 heavy (non-hydrogen) atoms. The number of aliphatic hydroxyl groups excluding tert-OH is 1. The third kappa shape index (κ3) is 5.54. The third-order valence-electron chi connectivity index (χ3n) is 6.14. The van der Waals surface area contributed by atoms with E-state index in [4.69, 9.17) is 4.98 Å². The average Bonchev–Trinajstić information content (AvgIpc) is 3.31. The number of aryl methyl sites for hydroxylation is 1. The summed E-state index contributed by atoms with van der Waals surface area (Å²) in [5, 5.41) is 26.9. The Bertz CT molecular complexity index is 1380. The van der Waals surface area contributed by atoms with Crippen LogP contribution < -0.4 is 10.6 Å². The first-order valence-corrected chi connectivity index (χ1v) is 12.2. The van der Waals surface area contributed by atoms with E-state index >= 15 is 0 Å². The number of fused-ring (bicyclic) bond motifs is 1. The molecule has 0 bridgehead atoms. The summed E-state index contributed by atoms with van der Waals surface area (Å²) in [6.07, 6.45) is 5.52. The van der Waals surface area contributed by atoms with Gasteiger partial charge >= 0.3 is 0 Å². The summed E-state index contributed by atoms with van der Waals surface area (Å²) in [5.74, 6) is 0.427. The minimum absolute atomic E-state index is 0.0547. The average molecular weight is 484 g/mol. The first kappa shape index (κ1) is 25.3. The first-order valence-electron chi connectivity index (χ1n) is 12.2. The summed E-state index contributed by atoms with van der Waals surface area (Å²) in [6, 6.07) is 14.0. The van der Waals surface area contributed by atoms with Gasteiger partial charge in [-0.15, -0.1) is 0 Å². The summed E-state index contributed by atoms with van der Waals surface area (Å²) < 4.78 is 1.97. The van der Waals surface area contributed by atoms with E-state index in [0.717, 1.165) is 34.5 Å². The van der Waals surface area contributed by atoms with Gasteiger partial charge in [0, 0.05) is 18.3 Å².